The van der Waals surface area contributed by atoms with Crippen LogP contribution in [0.25, 0.3) is 11.0 Å². The summed E-state index contributed by atoms with van der Waals surface area (Å²) in [7, 11) is 1.75. The van der Waals surface area contributed by atoms with Crippen molar-refractivity contribution in [2.45, 2.75) is 46.6 Å². The van der Waals surface area contributed by atoms with E-state index in [0.29, 0.717) is 11.0 Å². The van der Waals surface area contributed by atoms with Crippen LogP contribution in [0.1, 0.15) is 37.1 Å². The Kier molecular flexibility index (Phi) is 4.16. The Morgan fingerprint density at radius 1 is 1.43 bits per heavy atom. The second kappa shape index (κ2) is 5.71. The Balaban J connectivity index is 2.43. The summed E-state index contributed by atoms with van der Waals surface area (Å²) in [4.78, 5) is 28.5. The lowest BCUT2D eigenvalue weighted by Gasteiger charge is -2.14. The maximum Gasteiger partial charge on any atom is 0.273 e. The van der Waals surface area contributed by atoms with Gasteiger partial charge in [0.05, 0.1) is 11.8 Å². The maximum absolute atomic E-state index is 12.1. The van der Waals surface area contributed by atoms with Crippen molar-refractivity contribution in [1.29, 1.82) is 0 Å². The highest BCUT2D eigenvalue weighted by Gasteiger charge is 2.17. The number of hydrogen-bond donors (Lipinski definition) is 2. The van der Waals surface area contributed by atoms with Crippen molar-refractivity contribution in [2.24, 2.45) is 7.05 Å². The number of carbonyl (C=O) groups is 1. The number of amides is 1. The van der Waals surface area contributed by atoms with Crippen LogP contribution in [0, 0.1) is 13.8 Å². The number of hydrogen-bond acceptors (Lipinski definition) is 3. The van der Waals surface area contributed by atoms with Gasteiger partial charge >= 0.3 is 0 Å². The molecule has 21 heavy (non-hydrogen) atoms. The molecule has 1 atom stereocenters. The molecule has 0 bridgehead atoms. The van der Waals surface area contributed by atoms with Gasteiger partial charge in [-0.2, -0.15) is 0 Å². The fourth-order valence-electron chi connectivity index (χ4n) is 2.50. The van der Waals surface area contributed by atoms with Gasteiger partial charge in [-0.15, -0.1) is 0 Å². The first kappa shape index (κ1) is 15.3. The molecule has 0 unspecified atom stereocenters. The molecule has 0 aliphatic rings. The van der Waals surface area contributed by atoms with Gasteiger partial charge in [-0.3, -0.25) is 19.4 Å². The average molecular weight is 290 g/mol. The maximum atomic E-state index is 12.1. The Hall–Kier alpha value is -2.11. The van der Waals surface area contributed by atoms with Crippen LogP contribution < -0.4 is 10.9 Å². The highest BCUT2D eigenvalue weighted by atomic mass is 16.1. The summed E-state index contributed by atoms with van der Waals surface area (Å²) < 4.78 is 1.61. The monoisotopic (exact) mass is 290 g/mol. The van der Waals surface area contributed by atoms with Gasteiger partial charge in [0.15, 0.2) is 5.65 Å². The predicted molar refractivity (Wildman–Crippen MR) is 82.4 cm³/mol. The Morgan fingerprint density at radius 3 is 2.71 bits per heavy atom. The molecule has 6 nitrogen and oxygen atoms in total. The predicted octanol–water partition coefficient (Wildman–Crippen LogP) is 1.34. The first-order valence-electron chi connectivity index (χ1n) is 7.19. The Labute approximate surface area is 123 Å². The van der Waals surface area contributed by atoms with Gasteiger partial charge in [-0.1, -0.05) is 6.92 Å². The minimum absolute atomic E-state index is 0.0379. The number of aromatic nitrogens is 3. The third-order valence-corrected chi connectivity index (χ3v) is 3.93. The lowest BCUT2D eigenvalue weighted by Crippen LogP contribution is -2.33. The van der Waals surface area contributed by atoms with Crippen LogP contribution in [0.5, 0.6) is 0 Å². The number of H-pyrrole nitrogens is 1. The van der Waals surface area contributed by atoms with E-state index < -0.39 is 0 Å². The van der Waals surface area contributed by atoms with E-state index in [1.807, 2.05) is 27.7 Å². The van der Waals surface area contributed by atoms with E-state index in [2.05, 4.69) is 15.4 Å². The molecule has 2 N–H and O–H groups in total. The number of carbonyl (C=O) groups excluding carboxylic acids is 1. The lowest BCUT2D eigenvalue weighted by atomic mass is 10.0. The van der Waals surface area contributed by atoms with Crippen molar-refractivity contribution in [1.82, 2.24) is 20.1 Å². The van der Waals surface area contributed by atoms with Crippen molar-refractivity contribution in [3.63, 3.8) is 0 Å². The van der Waals surface area contributed by atoms with Gasteiger partial charge in [-0.05, 0) is 38.3 Å². The van der Waals surface area contributed by atoms with E-state index in [0.717, 1.165) is 23.2 Å². The summed E-state index contributed by atoms with van der Waals surface area (Å²) in [5.41, 5.74) is 2.91. The van der Waals surface area contributed by atoms with Crippen molar-refractivity contribution in [2.75, 3.05) is 0 Å². The molecule has 0 aliphatic carbocycles. The molecule has 2 aromatic heterocycles. The molecule has 0 saturated heterocycles. The van der Waals surface area contributed by atoms with Gasteiger partial charge < -0.3 is 5.32 Å². The van der Waals surface area contributed by atoms with E-state index in [-0.39, 0.29) is 23.9 Å². The quantitative estimate of drug-likeness (QED) is 0.891. The molecule has 0 radical (unpaired) electrons. The molecule has 2 heterocycles. The van der Waals surface area contributed by atoms with Crippen LogP contribution in [-0.2, 0) is 18.3 Å². The van der Waals surface area contributed by atoms with Crippen LogP contribution in [0.4, 0.5) is 0 Å². The highest BCUT2D eigenvalue weighted by molar-refractivity contribution is 5.84. The van der Waals surface area contributed by atoms with E-state index in [4.69, 9.17) is 0 Å². The van der Waals surface area contributed by atoms with Crippen LogP contribution in [0.2, 0.25) is 0 Å². The summed E-state index contributed by atoms with van der Waals surface area (Å²) in [5, 5.41) is 6.21. The van der Waals surface area contributed by atoms with Gasteiger partial charge in [-0.25, -0.2) is 4.98 Å². The molecule has 0 aliphatic heterocycles. The fourth-order valence-corrected chi connectivity index (χ4v) is 2.50. The third-order valence-electron chi connectivity index (χ3n) is 3.93. The van der Waals surface area contributed by atoms with Crippen LogP contribution >= 0.6 is 0 Å². The minimum atomic E-state index is -0.166. The van der Waals surface area contributed by atoms with Crippen molar-refractivity contribution < 1.29 is 4.79 Å². The van der Waals surface area contributed by atoms with Gasteiger partial charge in [0.1, 0.15) is 0 Å². The van der Waals surface area contributed by atoms with Gasteiger partial charge in [0.25, 0.3) is 5.56 Å². The second-order valence-electron chi connectivity index (χ2n) is 5.55. The second-order valence-corrected chi connectivity index (χ2v) is 5.55. The molecule has 0 aromatic carbocycles. The molecule has 1 amide bonds. The van der Waals surface area contributed by atoms with Crippen LogP contribution in [0.15, 0.2) is 4.79 Å². The van der Waals surface area contributed by atoms with E-state index in [1.165, 1.54) is 0 Å². The fraction of sp³-hybridized carbons (Fsp3) is 0.533. The van der Waals surface area contributed by atoms with Crippen molar-refractivity contribution in [3.05, 3.63) is 27.2 Å². The van der Waals surface area contributed by atoms with E-state index >= 15 is 0 Å². The number of pyridine rings is 1. The molecule has 6 heteroatoms. The molecule has 0 fully saturated rings. The summed E-state index contributed by atoms with van der Waals surface area (Å²) in [6.07, 6.45) is 1.14. The van der Waals surface area contributed by atoms with Crippen LogP contribution in [0.3, 0.4) is 0 Å². The lowest BCUT2D eigenvalue weighted by molar-refractivity contribution is -0.121. The first-order chi connectivity index (χ1) is 9.85. The third kappa shape index (κ3) is 2.84. The summed E-state index contributed by atoms with van der Waals surface area (Å²) in [5.74, 6) is -0.0379. The van der Waals surface area contributed by atoms with Crippen molar-refractivity contribution in [3.8, 4) is 0 Å². The number of aryl methyl sites for hydroxylation is 3. The molecule has 2 rings (SSSR count). The number of nitrogens with zero attached hydrogens (tertiary/aromatic N) is 2. The zero-order valence-electron chi connectivity index (χ0n) is 13.2. The summed E-state index contributed by atoms with van der Waals surface area (Å²) in [6.45, 7) is 7.74. The average Bonchev–Trinajstić information content (AvgIpc) is 2.69. The molecule has 0 spiro atoms. The van der Waals surface area contributed by atoms with Gasteiger partial charge in [0.2, 0.25) is 5.91 Å². The smallest absolute Gasteiger partial charge is 0.273 e. The van der Waals surface area contributed by atoms with E-state index in [1.54, 1.807) is 11.7 Å². The summed E-state index contributed by atoms with van der Waals surface area (Å²) >= 11 is 0. The molecule has 2 aromatic rings. The van der Waals surface area contributed by atoms with Crippen molar-refractivity contribution >= 4 is 16.9 Å². The SMILES string of the molecule is CC[C@@H](C)NC(=O)Cc1c(C)nc2c(c1C)c(=O)[nH]n2C. The number of rotatable bonds is 4. The zero-order valence-corrected chi connectivity index (χ0v) is 13.2. The minimum Gasteiger partial charge on any atom is -0.353 e. The number of aromatic amines is 1. The number of nitrogens with one attached hydrogen (secondary N) is 2. The molecular weight excluding hydrogens is 268 g/mol. The largest absolute Gasteiger partial charge is 0.353 e. The molecule has 114 valence electrons. The van der Waals surface area contributed by atoms with E-state index in [9.17, 15) is 9.59 Å². The number of fused-ring (bicyclic) bond motifs is 1. The van der Waals surface area contributed by atoms with Gasteiger partial charge in [0, 0.05) is 18.8 Å². The topological polar surface area (TPSA) is 79.8 Å². The standard InChI is InChI=1S/C15H22N4O2/c1-6-8(2)16-12(20)7-11-9(3)13-14(17-10(11)4)19(5)18-15(13)21/h8H,6-7H2,1-5H3,(H,16,20)(H,18,21)/t8-/m1/s1. The highest BCUT2D eigenvalue weighted by Crippen LogP contribution is 2.20. The Bertz CT molecular complexity index is 742. The summed E-state index contributed by atoms with van der Waals surface area (Å²) in [6, 6.07) is 0.148. The zero-order chi connectivity index (χ0) is 15.7. The molecule has 0 saturated carbocycles. The normalized spacial score (nSPS) is 12.6. The molecular formula is C15H22N4O2. The Morgan fingerprint density at radius 2 is 2.10 bits per heavy atom. The first-order valence-corrected chi connectivity index (χ1v) is 7.19. The van der Waals surface area contributed by atoms with Crippen LogP contribution in [-0.4, -0.2) is 26.7 Å².